The van der Waals surface area contributed by atoms with E-state index in [4.69, 9.17) is 11.6 Å². The average molecular weight is 267 g/mol. The normalized spacial score (nSPS) is 14.9. The van der Waals surface area contributed by atoms with Crippen molar-refractivity contribution in [2.75, 3.05) is 0 Å². The number of hydrogen-bond acceptors (Lipinski definition) is 1. The SMILES string of the molecule is CCC(C)C(Cl)c1ccc2c(c1)n(C)c(=O)n2C. The molecule has 0 bridgehead atoms. The lowest BCUT2D eigenvalue weighted by Crippen LogP contribution is -2.19. The molecule has 0 aliphatic heterocycles. The van der Waals surface area contributed by atoms with Crippen LogP contribution in [0.2, 0.25) is 0 Å². The van der Waals surface area contributed by atoms with E-state index in [0.29, 0.717) is 5.92 Å². The Bertz CT molecular complexity index is 626. The van der Waals surface area contributed by atoms with Crippen molar-refractivity contribution in [1.82, 2.24) is 9.13 Å². The first-order chi connectivity index (χ1) is 8.47. The number of alkyl halides is 1. The minimum absolute atomic E-state index is 0.00295. The summed E-state index contributed by atoms with van der Waals surface area (Å²) in [5.41, 5.74) is 2.96. The highest BCUT2D eigenvalue weighted by atomic mass is 35.5. The number of nitrogens with zero attached hydrogens (tertiary/aromatic N) is 2. The van der Waals surface area contributed by atoms with Crippen LogP contribution in [-0.2, 0) is 14.1 Å². The number of hydrogen-bond donors (Lipinski definition) is 0. The predicted molar refractivity (Wildman–Crippen MR) is 76.2 cm³/mol. The Balaban J connectivity index is 2.57. The highest BCUT2D eigenvalue weighted by molar-refractivity contribution is 6.21. The summed E-state index contributed by atoms with van der Waals surface area (Å²) in [5.74, 6) is 0.421. The number of benzene rings is 1. The standard InChI is InChI=1S/C14H19ClN2O/c1-5-9(2)13(15)10-6-7-11-12(8-10)17(4)14(18)16(11)3/h6-9,13H,5H2,1-4H3. The molecule has 0 aliphatic rings. The van der Waals surface area contributed by atoms with Gasteiger partial charge in [-0.2, -0.15) is 0 Å². The van der Waals surface area contributed by atoms with Gasteiger partial charge in [-0.25, -0.2) is 4.79 Å². The number of aryl methyl sites for hydroxylation is 2. The van der Waals surface area contributed by atoms with E-state index in [-0.39, 0.29) is 11.1 Å². The molecule has 1 aromatic carbocycles. The highest BCUT2D eigenvalue weighted by Crippen LogP contribution is 2.32. The zero-order chi connectivity index (χ0) is 13.4. The molecule has 2 atom stereocenters. The fraction of sp³-hybridized carbons (Fsp3) is 0.500. The molecule has 0 saturated heterocycles. The number of aromatic nitrogens is 2. The summed E-state index contributed by atoms with van der Waals surface area (Å²) < 4.78 is 3.32. The molecule has 0 fully saturated rings. The molecule has 2 unspecified atom stereocenters. The Morgan fingerprint density at radius 2 is 1.83 bits per heavy atom. The van der Waals surface area contributed by atoms with Crippen molar-refractivity contribution < 1.29 is 0 Å². The molecule has 0 radical (unpaired) electrons. The first-order valence-corrected chi connectivity index (χ1v) is 6.70. The Hall–Kier alpha value is -1.22. The first-order valence-electron chi connectivity index (χ1n) is 6.26. The van der Waals surface area contributed by atoms with Crippen LogP contribution in [-0.4, -0.2) is 9.13 Å². The largest absolute Gasteiger partial charge is 0.328 e. The second-order valence-electron chi connectivity index (χ2n) is 4.94. The van der Waals surface area contributed by atoms with E-state index >= 15 is 0 Å². The zero-order valence-electron chi connectivity index (χ0n) is 11.3. The molecule has 0 N–H and O–H groups in total. The van der Waals surface area contributed by atoms with Crippen LogP contribution in [0.5, 0.6) is 0 Å². The van der Waals surface area contributed by atoms with Crippen LogP contribution in [0.4, 0.5) is 0 Å². The average Bonchev–Trinajstić information content (AvgIpc) is 2.61. The first kappa shape index (κ1) is 13.2. The molecule has 2 aromatic rings. The summed E-state index contributed by atoms with van der Waals surface area (Å²) in [6, 6.07) is 6.02. The van der Waals surface area contributed by atoms with Crippen LogP contribution in [0, 0.1) is 5.92 Å². The smallest absolute Gasteiger partial charge is 0.295 e. The topological polar surface area (TPSA) is 26.9 Å². The summed E-state index contributed by atoms with van der Waals surface area (Å²) in [4.78, 5) is 11.9. The summed E-state index contributed by atoms with van der Waals surface area (Å²) in [6.07, 6.45) is 1.04. The molecule has 3 nitrogen and oxygen atoms in total. The Kier molecular flexibility index (Phi) is 3.53. The van der Waals surface area contributed by atoms with E-state index in [1.165, 1.54) is 0 Å². The third kappa shape index (κ3) is 1.97. The molecule has 0 spiro atoms. The second kappa shape index (κ2) is 4.81. The van der Waals surface area contributed by atoms with E-state index in [0.717, 1.165) is 23.0 Å². The quantitative estimate of drug-likeness (QED) is 0.784. The van der Waals surface area contributed by atoms with Crippen molar-refractivity contribution in [2.24, 2.45) is 20.0 Å². The molecule has 4 heteroatoms. The van der Waals surface area contributed by atoms with Crippen LogP contribution < -0.4 is 5.69 Å². The monoisotopic (exact) mass is 266 g/mol. The van der Waals surface area contributed by atoms with Crippen molar-refractivity contribution in [3.63, 3.8) is 0 Å². The van der Waals surface area contributed by atoms with Crippen molar-refractivity contribution in [2.45, 2.75) is 25.6 Å². The van der Waals surface area contributed by atoms with Gasteiger partial charge in [0.15, 0.2) is 0 Å². The zero-order valence-corrected chi connectivity index (χ0v) is 12.0. The van der Waals surface area contributed by atoms with Crippen molar-refractivity contribution in [3.8, 4) is 0 Å². The van der Waals surface area contributed by atoms with Gasteiger partial charge in [0, 0.05) is 14.1 Å². The van der Waals surface area contributed by atoms with E-state index in [2.05, 4.69) is 13.8 Å². The predicted octanol–water partition coefficient (Wildman–Crippen LogP) is 3.20. The lowest BCUT2D eigenvalue weighted by molar-refractivity contribution is 0.542. The maximum atomic E-state index is 11.9. The molecule has 0 aliphatic carbocycles. The Labute approximate surface area is 112 Å². The molecule has 98 valence electrons. The minimum Gasteiger partial charge on any atom is -0.295 e. The number of halogens is 1. The van der Waals surface area contributed by atoms with Gasteiger partial charge >= 0.3 is 5.69 Å². The van der Waals surface area contributed by atoms with Gasteiger partial charge in [0.25, 0.3) is 0 Å². The molecular formula is C14H19ClN2O. The highest BCUT2D eigenvalue weighted by Gasteiger charge is 2.17. The van der Waals surface area contributed by atoms with Crippen LogP contribution in [0.3, 0.4) is 0 Å². The van der Waals surface area contributed by atoms with Crippen molar-refractivity contribution >= 4 is 22.6 Å². The van der Waals surface area contributed by atoms with E-state index in [9.17, 15) is 4.79 Å². The van der Waals surface area contributed by atoms with Gasteiger partial charge in [0.05, 0.1) is 16.4 Å². The fourth-order valence-electron chi connectivity index (χ4n) is 2.23. The second-order valence-corrected chi connectivity index (χ2v) is 5.41. The summed E-state index contributed by atoms with van der Waals surface area (Å²) in [6.45, 7) is 4.28. The van der Waals surface area contributed by atoms with Gasteiger partial charge in [-0.05, 0) is 23.6 Å². The van der Waals surface area contributed by atoms with Crippen molar-refractivity contribution in [1.29, 1.82) is 0 Å². The van der Waals surface area contributed by atoms with E-state index in [1.807, 2.05) is 18.2 Å². The van der Waals surface area contributed by atoms with Gasteiger partial charge in [-0.3, -0.25) is 9.13 Å². The van der Waals surface area contributed by atoms with E-state index in [1.54, 1.807) is 23.2 Å². The van der Waals surface area contributed by atoms with Gasteiger partial charge in [0.1, 0.15) is 0 Å². The Morgan fingerprint density at radius 3 is 2.44 bits per heavy atom. The third-order valence-electron chi connectivity index (χ3n) is 3.76. The molecule has 0 saturated carbocycles. The lowest BCUT2D eigenvalue weighted by Gasteiger charge is -2.16. The number of rotatable bonds is 3. The maximum Gasteiger partial charge on any atom is 0.328 e. The van der Waals surface area contributed by atoms with Gasteiger partial charge in [-0.1, -0.05) is 26.3 Å². The minimum atomic E-state index is -0.00490. The molecule has 18 heavy (non-hydrogen) atoms. The number of fused-ring (bicyclic) bond motifs is 1. The summed E-state index contributed by atoms with van der Waals surface area (Å²) in [5, 5.41) is -0.00490. The lowest BCUT2D eigenvalue weighted by atomic mass is 9.98. The van der Waals surface area contributed by atoms with Crippen LogP contribution in [0.15, 0.2) is 23.0 Å². The maximum absolute atomic E-state index is 11.9. The third-order valence-corrected chi connectivity index (χ3v) is 4.44. The fourth-order valence-corrected chi connectivity index (χ4v) is 2.54. The summed E-state index contributed by atoms with van der Waals surface area (Å²) in [7, 11) is 3.58. The van der Waals surface area contributed by atoms with Crippen LogP contribution in [0.1, 0.15) is 31.2 Å². The molecular weight excluding hydrogens is 248 g/mol. The Morgan fingerprint density at radius 1 is 1.22 bits per heavy atom. The van der Waals surface area contributed by atoms with Gasteiger partial charge in [0.2, 0.25) is 0 Å². The molecule has 2 rings (SSSR count). The molecule has 1 aromatic heterocycles. The van der Waals surface area contributed by atoms with Crippen LogP contribution >= 0.6 is 11.6 Å². The van der Waals surface area contributed by atoms with Crippen molar-refractivity contribution in [3.05, 3.63) is 34.2 Å². The van der Waals surface area contributed by atoms with Crippen LogP contribution in [0.25, 0.3) is 11.0 Å². The molecule has 0 amide bonds. The summed E-state index contributed by atoms with van der Waals surface area (Å²) >= 11 is 6.46. The van der Waals surface area contributed by atoms with Gasteiger partial charge < -0.3 is 0 Å². The van der Waals surface area contributed by atoms with E-state index < -0.39 is 0 Å². The molecule has 1 heterocycles. The van der Waals surface area contributed by atoms with Gasteiger partial charge in [-0.15, -0.1) is 11.6 Å². The number of imidazole rings is 1.